The molecule has 1 N–H and O–H groups in total. The van der Waals surface area contributed by atoms with E-state index in [0.29, 0.717) is 29.6 Å². The fourth-order valence-electron chi connectivity index (χ4n) is 8.28. The third kappa shape index (κ3) is 3.68. The van der Waals surface area contributed by atoms with E-state index in [0.717, 1.165) is 56.2 Å². The van der Waals surface area contributed by atoms with Crippen molar-refractivity contribution in [2.24, 2.45) is 40.9 Å². The fraction of sp³-hybridized carbons (Fsp3) is 0.913. The second kappa shape index (κ2) is 7.50. The van der Waals surface area contributed by atoms with E-state index in [-0.39, 0.29) is 23.7 Å². The Bertz CT molecular complexity index is 885. The summed E-state index contributed by atoms with van der Waals surface area (Å²) in [6.07, 6.45) is 4.49. The summed E-state index contributed by atoms with van der Waals surface area (Å²) >= 11 is 0. The first-order valence-electron chi connectivity index (χ1n) is 12.1. The summed E-state index contributed by atoms with van der Waals surface area (Å²) in [5, 5.41) is 20.4. The Balaban J connectivity index is 1.29. The zero-order valence-corrected chi connectivity index (χ0v) is 18.8. The topological polar surface area (TPSA) is 80.9 Å². The van der Waals surface area contributed by atoms with Crippen LogP contribution in [0.2, 0.25) is 0 Å². The Labute approximate surface area is 186 Å². The minimum absolute atomic E-state index is 0.0676. The summed E-state index contributed by atoms with van der Waals surface area (Å²) < 4.78 is 38.3. The second-order valence-corrected chi connectivity index (χ2v) is 11.5. The highest BCUT2D eigenvalue weighted by molar-refractivity contribution is 5.81. The van der Waals surface area contributed by atoms with E-state index in [1.165, 1.54) is 6.42 Å². The zero-order chi connectivity index (χ0) is 22.9. The van der Waals surface area contributed by atoms with Crippen molar-refractivity contribution in [2.75, 3.05) is 0 Å². The zero-order valence-electron chi connectivity index (χ0n) is 18.8. The maximum Gasteiger partial charge on any atom is 0.455 e. The van der Waals surface area contributed by atoms with Gasteiger partial charge in [0.25, 0.3) is 5.82 Å². The van der Waals surface area contributed by atoms with Gasteiger partial charge in [-0.05, 0) is 105 Å². The van der Waals surface area contributed by atoms with Crippen molar-refractivity contribution in [2.45, 2.75) is 90.0 Å². The number of nitrogens with zero attached hydrogens (tertiary/aromatic N) is 4. The highest BCUT2D eigenvalue weighted by Gasteiger charge is 2.58. The molecule has 1 heterocycles. The number of Topliss-reactive ketones (excluding diaryl/α,β-unsaturated/α-hetero) is 1. The molecule has 4 fully saturated rings. The molecule has 0 aliphatic heterocycles. The molecule has 5 rings (SSSR count). The maximum absolute atomic E-state index is 13.2. The monoisotopic (exact) mass is 454 g/mol. The van der Waals surface area contributed by atoms with E-state index in [9.17, 15) is 23.1 Å². The predicted molar refractivity (Wildman–Crippen MR) is 109 cm³/mol. The van der Waals surface area contributed by atoms with Gasteiger partial charge in [0.1, 0.15) is 6.54 Å². The van der Waals surface area contributed by atoms with Crippen molar-refractivity contribution in [3.8, 4) is 0 Å². The van der Waals surface area contributed by atoms with E-state index in [1.54, 1.807) is 0 Å². The van der Waals surface area contributed by atoms with Gasteiger partial charge in [0.15, 0.2) is 5.78 Å². The van der Waals surface area contributed by atoms with Gasteiger partial charge in [-0.1, -0.05) is 6.92 Å². The van der Waals surface area contributed by atoms with Crippen LogP contribution in [-0.2, 0) is 17.5 Å². The Morgan fingerprint density at radius 3 is 2.53 bits per heavy atom. The van der Waals surface area contributed by atoms with Crippen LogP contribution < -0.4 is 0 Å². The van der Waals surface area contributed by atoms with Crippen molar-refractivity contribution in [1.29, 1.82) is 0 Å². The number of rotatable bonds is 3. The van der Waals surface area contributed by atoms with Gasteiger partial charge in [-0.3, -0.25) is 4.79 Å². The summed E-state index contributed by atoms with van der Waals surface area (Å²) in [6, 6.07) is 0. The van der Waals surface area contributed by atoms with Gasteiger partial charge < -0.3 is 5.11 Å². The molecule has 1 aromatic heterocycles. The van der Waals surface area contributed by atoms with Gasteiger partial charge >= 0.3 is 6.18 Å². The summed E-state index contributed by atoms with van der Waals surface area (Å²) in [5.74, 6) is 1.58. The number of hydrogen-bond donors (Lipinski definition) is 1. The smallest absolute Gasteiger partial charge is 0.390 e. The van der Waals surface area contributed by atoms with E-state index in [4.69, 9.17) is 0 Å². The minimum Gasteiger partial charge on any atom is -0.390 e. The number of fused-ring (bicyclic) bond motifs is 5. The van der Waals surface area contributed by atoms with E-state index in [1.807, 2.05) is 6.92 Å². The van der Waals surface area contributed by atoms with Crippen molar-refractivity contribution in [3.63, 3.8) is 0 Å². The van der Waals surface area contributed by atoms with Crippen LogP contribution in [0.3, 0.4) is 0 Å². The van der Waals surface area contributed by atoms with Crippen molar-refractivity contribution in [1.82, 2.24) is 20.2 Å². The second-order valence-electron chi connectivity index (χ2n) is 11.5. The first-order valence-corrected chi connectivity index (χ1v) is 12.1. The van der Waals surface area contributed by atoms with Crippen LogP contribution in [0.5, 0.6) is 0 Å². The number of aliphatic hydroxyl groups is 1. The molecule has 8 atom stereocenters. The summed E-state index contributed by atoms with van der Waals surface area (Å²) in [7, 11) is 0. The first kappa shape index (κ1) is 22.3. The van der Waals surface area contributed by atoms with Gasteiger partial charge in [-0.25, -0.2) is 0 Å². The molecule has 6 nitrogen and oxygen atoms in total. The molecule has 0 spiro atoms. The number of tetrazole rings is 1. The third-order valence-corrected chi connectivity index (χ3v) is 9.63. The summed E-state index contributed by atoms with van der Waals surface area (Å²) in [4.78, 5) is 14.0. The summed E-state index contributed by atoms with van der Waals surface area (Å²) in [5.41, 5.74) is -0.623. The molecule has 0 amide bonds. The van der Waals surface area contributed by atoms with Crippen LogP contribution in [0, 0.1) is 40.9 Å². The molecule has 0 saturated heterocycles. The number of halogens is 3. The van der Waals surface area contributed by atoms with Gasteiger partial charge in [0.2, 0.25) is 0 Å². The number of aromatic nitrogens is 4. The van der Waals surface area contributed by atoms with Crippen LogP contribution in [0.4, 0.5) is 13.2 Å². The molecule has 4 saturated carbocycles. The highest BCUT2D eigenvalue weighted by atomic mass is 19.4. The van der Waals surface area contributed by atoms with Gasteiger partial charge in [0, 0.05) is 5.92 Å². The molecule has 0 aromatic carbocycles. The summed E-state index contributed by atoms with van der Waals surface area (Å²) in [6.45, 7) is 3.96. The van der Waals surface area contributed by atoms with Crippen molar-refractivity contribution >= 4 is 5.78 Å². The lowest BCUT2D eigenvalue weighted by molar-refractivity contribution is -0.145. The van der Waals surface area contributed by atoms with Gasteiger partial charge in [-0.2, -0.15) is 18.0 Å². The third-order valence-electron chi connectivity index (χ3n) is 9.63. The predicted octanol–water partition coefficient (Wildman–Crippen LogP) is 4.28. The quantitative estimate of drug-likeness (QED) is 0.737. The van der Waals surface area contributed by atoms with Crippen LogP contribution >= 0.6 is 0 Å². The normalized spacial score (nSPS) is 43.9. The van der Waals surface area contributed by atoms with Crippen molar-refractivity contribution < 1.29 is 23.1 Å². The average Bonchev–Trinajstić information content (AvgIpc) is 3.30. The molecular formula is C23H33F3N4O2. The molecule has 4 aliphatic rings. The number of alkyl halides is 3. The maximum atomic E-state index is 13.2. The minimum atomic E-state index is -4.66. The standard InChI is InChI=1S/C23H33F3N4O2/c1-21(32)9-7-14-13(11-21)3-4-16-15(14)8-10-22(2)17(16)5-6-18(22)19(31)12-30-28-20(27-29-30)23(24,25)26/h13-18,32H,3-12H2,1-2H3/t13-,14+,15-,16-,17+,18-,21-,22+/m1/s1. The first-order chi connectivity index (χ1) is 15.0. The molecule has 9 heteroatoms. The van der Waals surface area contributed by atoms with Crippen LogP contribution in [0.15, 0.2) is 0 Å². The molecular weight excluding hydrogens is 421 g/mol. The Morgan fingerprint density at radius 1 is 1.06 bits per heavy atom. The lowest BCUT2D eigenvalue weighted by Crippen LogP contribution is -2.51. The van der Waals surface area contributed by atoms with Gasteiger partial charge in [0.05, 0.1) is 5.60 Å². The average molecular weight is 455 g/mol. The molecule has 0 unspecified atom stereocenters. The highest BCUT2D eigenvalue weighted by Crippen LogP contribution is 2.64. The Kier molecular flexibility index (Phi) is 5.23. The van der Waals surface area contributed by atoms with Crippen LogP contribution in [0.25, 0.3) is 0 Å². The SMILES string of the molecule is C[C@@]1(O)CC[C@H]2[C@H](CC[C@@H]3[C@@H]2CC[C@]2(C)[C@@H](C(=O)Cn4nnc(C(F)(F)F)n4)CC[C@@H]32)C1. The lowest BCUT2D eigenvalue weighted by Gasteiger charge is -2.56. The largest absolute Gasteiger partial charge is 0.455 e. The Hall–Kier alpha value is -1.51. The van der Waals surface area contributed by atoms with Crippen LogP contribution in [0.1, 0.15) is 77.5 Å². The molecule has 32 heavy (non-hydrogen) atoms. The number of carbonyl (C=O) groups excluding carboxylic acids is 1. The van der Waals surface area contributed by atoms with Gasteiger partial charge in [-0.15, -0.1) is 10.2 Å². The molecule has 4 aliphatic carbocycles. The number of hydrogen-bond acceptors (Lipinski definition) is 5. The van der Waals surface area contributed by atoms with E-state index < -0.39 is 17.6 Å². The van der Waals surface area contributed by atoms with E-state index in [2.05, 4.69) is 22.3 Å². The number of ketones is 1. The van der Waals surface area contributed by atoms with Crippen molar-refractivity contribution in [3.05, 3.63) is 5.82 Å². The molecule has 1 aromatic rings. The Morgan fingerprint density at radius 2 is 1.81 bits per heavy atom. The van der Waals surface area contributed by atoms with Crippen LogP contribution in [-0.4, -0.2) is 36.7 Å². The van der Waals surface area contributed by atoms with E-state index >= 15 is 0 Å². The lowest BCUT2D eigenvalue weighted by atomic mass is 9.49. The molecule has 0 bridgehead atoms. The fourth-order valence-corrected chi connectivity index (χ4v) is 8.28. The molecule has 178 valence electrons. The molecule has 0 radical (unpaired) electrons. The number of carbonyl (C=O) groups is 1.